The van der Waals surface area contributed by atoms with E-state index in [2.05, 4.69) is 30.0 Å². The highest BCUT2D eigenvalue weighted by Crippen LogP contribution is 2.25. The van der Waals surface area contributed by atoms with Gasteiger partial charge in [-0.05, 0) is 53.4 Å². The average molecular weight is 428 g/mol. The van der Waals surface area contributed by atoms with Crippen molar-refractivity contribution in [2.75, 3.05) is 6.61 Å². The van der Waals surface area contributed by atoms with Crippen molar-refractivity contribution in [2.24, 2.45) is 0 Å². The van der Waals surface area contributed by atoms with Crippen molar-refractivity contribution >= 4 is 50.6 Å². The molecule has 1 heterocycles. The Balaban J connectivity index is 1.42. The van der Waals surface area contributed by atoms with Crippen LogP contribution in [0.2, 0.25) is 0 Å². The molecule has 0 aliphatic heterocycles. The van der Waals surface area contributed by atoms with E-state index < -0.39 is 5.91 Å². The highest BCUT2D eigenvalue weighted by molar-refractivity contribution is 7.80. The number of ether oxygens (including phenoxy) is 1. The van der Waals surface area contributed by atoms with Crippen molar-refractivity contribution in [2.45, 2.75) is 19.8 Å². The molecule has 150 valence electrons. The quantitative estimate of drug-likeness (QED) is 0.427. The van der Waals surface area contributed by atoms with Gasteiger partial charge in [0, 0.05) is 4.70 Å². The SMILES string of the molecule is CC(C)c1ccc(OCC(=O)NNC(=S)NC(=O)c2cc3ccccc3s2)cc1. The standard InChI is InChI=1S/C21H21N3O3S2/c1-13(2)14-7-9-16(10-8-14)27-12-19(25)23-24-21(28)22-20(26)18-11-15-5-3-4-6-17(15)29-18/h3-11,13H,12H2,1-2H3,(H,23,25)(H2,22,24,26,28). The monoisotopic (exact) mass is 427 g/mol. The van der Waals surface area contributed by atoms with Gasteiger partial charge >= 0.3 is 0 Å². The molecule has 1 aromatic heterocycles. The summed E-state index contributed by atoms with van der Waals surface area (Å²) in [4.78, 5) is 24.7. The number of carbonyl (C=O) groups is 2. The Hall–Kier alpha value is -2.97. The fourth-order valence-electron chi connectivity index (χ4n) is 2.55. The lowest BCUT2D eigenvalue weighted by atomic mass is 10.0. The van der Waals surface area contributed by atoms with Gasteiger partial charge in [0.15, 0.2) is 11.7 Å². The Morgan fingerprint density at radius 3 is 2.48 bits per heavy atom. The van der Waals surface area contributed by atoms with E-state index in [-0.39, 0.29) is 17.6 Å². The number of hydrazine groups is 1. The van der Waals surface area contributed by atoms with Crippen LogP contribution < -0.4 is 20.9 Å². The highest BCUT2D eigenvalue weighted by atomic mass is 32.1. The molecule has 29 heavy (non-hydrogen) atoms. The van der Waals surface area contributed by atoms with Crippen molar-refractivity contribution < 1.29 is 14.3 Å². The number of thiophene rings is 1. The van der Waals surface area contributed by atoms with Gasteiger partial charge in [-0.3, -0.25) is 25.8 Å². The summed E-state index contributed by atoms with van der Waals surface area (Å²) in [6.07, 6.45) is 0. The Bertz CT molecular complexity index is 996. The van der Waals surface area contributed by atoms with Crippen molar-refractivity contribution in [3.63, 3.8) is 0 Å². The third-order valence-corrected chi connectivity index (χ3v) is 5.43. The number of nitrogens with one attached hydrogen (secondary N) is 3. The molecule has 3 aromatic rings. The van der Waals surface area contributed by atoms with Crippen LogP contribution in [-0.2, 0) is 4.79 Å². The Morgan fingerprint density at radius 1 is 1.07 bits per heavy atom. The Labute approximate surface area is 178 Å². The van der Waals surface area contributed by atoms with Crippen LogP contribution in [0.5, 0.6) is 5.75 Å². The molecular formula is C21H21N3O3S2. The van der Waals surface area contributed by atoms with E-state index in [4.69, 9.17) is 17.0 Å². The molecule has 0 aliphatic carbocycles. The summed E-state index contributed by atoms with van der Waals surface area (Å²) >= 11 is 6.43. The van der Waals surface area contributed by atoms with Crippen molar-refractivity contribution in [1.82, 2.24) is 16.2 Å². The van der Waals surface area contributed by atoms with Crippen LogP contribution in [0.4, 0.5) is 0 Å². The largest absolute Gasteiger partial charge is 0.484 e. The summed E-state index contributed by atoms with van der Waals surface area (Å²) in [5.74, 6) is 0.279. The molecule has 0 aliphatic rings. The molecule has 0 radical (unpaired) electrons. The van der Waals surface area contributed by atoms with Crippen molar-refractivity contribution in [3.05, 3.63) is 65.0 Å². The fourth-order valence-corrected chi connectivity index (χ4v) is 3.65. The summed E-state index contributed by atoms with van der Waals surface area (Å²) in [7, 11) is 0. The van der Waals surface area contributed by atoms with Gasteiger partial charge in [0.25, 0.3) is 11.8 Å². The van der Waals surface area contributed by atoms with Gasteiger partial charge in [-0.2, -0.15) is 0 Å². The van der Waals surface area contributed by atoms with Gasteiger partial charge < -0.3 is 4.74 Å². The first kappa shape index (κ1) is 20.8. The van der Waals surface area contributed by atoms with Gasteiger partial charge in [0.05, 0.1) is 4.88 Å². The molecule has 0 unspecified atom stereocenters. The van der Waals surface area contributed by atoms with E-state index in [1.807, 2.05) is 48.5 Å². The Kier molecular flexibility index (Phi) is 6.79. The zero-order chi connectivity index (χ0) is 20.8. The molecule has 0 bridgehead atoms. The van der Waals surface area contributed by atoms with Gasteiger partial charge in [-0.15, -0.1) is 11.3 Å². The number of rotatable bonds is 5. The van der Waals surface area contributed by atoms with Crippen LogP contribution in [0.3, 0.4) is 0 Å². The summed E-state index contributed by atoms with van der Waals surface area (Å²) in [6, 6.07) is 17.1. The Morgan fingerprint density at radius 2 is 1.79 bits per heavy atom. The van der Waals surface area contributed by atoms with Crippen molar-refractivity contribution in [3.8, 4) is 5.75 Å². The van der Waals surface area contributed by atoms with Crippen LogP contribution in [0, 0.1) is 0 Å². The van der Waals surface area contributed by atoms with Gasteiger partial charge in [0.1, 0.15) is 5.75 Å². The summed E-state index contributed by atoms with van der Waals surface area (Å²) in [6.45, 7) is 4.04. The minimum absolute atomic E-state index is 0.00194. The third kappa shape index (κ3) is 5.75. The maximum atomic E-state index is 12.3. The maximum absolute atomic E-state index is 12.3. The summed E-state index contributed by atoms with van der Waals surface area (Å²) in [5.41, 5.74) is 6.10. The summed E-state index contributed by atoms with van der Waals surface area (Å²) in [5, 5.41) is 3.54. The second kappa shape index (κ2) is 9.49. The van der Waals surface area contributed by atoms with Gasteiger partial charge in [-0.25, -0.2) is 0 Å². The van der Waals surface area contributed by atoms with Crippen LogP contribution in [0.15, 0.2) is 54.6 Å². The fraction of sp³-hybridized carbons (Fsp3) is 0.190. The first-order chi connectivity index (χ1) is 13.9. The van der Waals surface area contributed by atoms with E-state index in [1.165, 1.54) is 16.9 Å². The molecular weight excluding hydrogens is 406 g/mol. The lowest BCUT2D eigenvalue weighted by Gasteiger charge is -2.11. The average Bonchev–Trinajstić information content (AvgIpc) is 3.15. The van der Waals surface area contributed by atoms with Gasteiger partial charge in [-0.1, -0.05) is 44.2 Å². The molecule has 2 amide bonds. The van der Waals surface area contributed by atoms with Crippen LogP contribution >= 0.6 is 23.6 Å². The smallest absolute Gasteiger partial charge is 0.276 e. The minimum Gasteiger partial charge on any atom is -0.484 e. The number of benzene rings is 2. The van der Waals surface area contributed by atoms with E-state index in [9.17, 15) is 9.59 Å². The van der Waals surface area contributed by atoms with Crippen molar-refractivity contribution in [1.29, 1.82) is 0 Å². The molecule has 3 N–H and O–H groups in total. The summed E-state index contributed by atoms with van der Waals surface area (Å²) < 4.78 is 6.45. The first-order valence-corrected chi connectivity index (χ1v) is 10.3. The predicted octanol–water partition coefficient (Wildman–Crippen LogP) is 3.74. The third-order valence-electron chi connectivity index (χ3n) is 4.11. The molecule has 0 saturated heterocycles. The molecule has 2 aromatic carbocycles. The van der Waals surface area contributed by atoms with Gasteiger partial charge in [0.2, 0.25) is 0 Å². The van der Waals surface area contributed by atoms with E-state index in [0.29, 0.717) is 16.5 Å². The van der Waals surface area contributed by atoms with E-state index in [1.54, 1.807) is 6.07 Å². The molecule has 0 spiro atoms. The normalized spacial score (nSPS) is 10.6. The topological polar surface area (TPSA) is 79.5 Å². The number of hydrogen-bond acceptors (Lipinski definition) is 5. The minimum atomic E-state index is -0.420. The number of fused-ring (bicyclic) bond motifs is 1. The molecule has 3 rings (SSSR count). The van der Waals surface area contributed by atoms with E-state index in [0.717, 1.165) is 10.1 Å². The second-order valence-electron chi connectivity index (χ2n) is 6.62. The number of hydrogen-bond donors (Lipinski definition) is 3. The number of amides is 2. The highest BCUT2D eigenvalue weighted by Gasteiger charge is 2.12. The van der Waals surface area contributed by atoms with Crippen LogP contribution in [0.25, 0.3) is 10.1 Å². The second-order valence-corrected chi connectivity index (χ2v) is 8.11. The molecule has 6 nitrogen and oxygen atoms in total. The van der Waals surface area contributed by atoms with E-state index >= 15 is 0 Å². The van der Waals surface area contributed by atoms with Crippen LogP contribution in [-0.4, -0.2) is 23.5 Å². The first-order valence-electron chi connectivity index (χ1n) is 9.04. The predicted molar refractivity (Wildman–Crippen MR) is 119 cm³/mol. The number of thiocarbonyl (C=S) groups is 1. The molecule has 0 saturated carbocycles. The zero-order valence-electron chi connectivity index (χ0n) is 16.0. The molecule has 0 fully saturated rings. The maximum Gasteiger partial charge on any atom is 0.276 e. The van der Waals surface area contributed by atoms with Crippen LogP contribution in [0.1, 0.15) is 35.0 Å². The molecule has 8 heteroatoms. The molecule has 0 atom stereocenters. The lowest BCUT2D eigenvalue weighted by Crippen LogP contribution is -2.49. The lowest BCUT2D eigenvalue weighted by molar-refractivity contribution is -0.123. The zero-order valence-corrected chi connectivity index (χ0v) is 17.7. The number of carbonyl (C=O) groups excluding carboxylic acids is 2.